The van der Waals surface area contributed by atoms with Crippen LogP contribution in [0.15, 0.2) is 45.3 Å². The van der Waals surface area contributed by atoms with Gasteiger partial charge in [-0.05, 0) is 42.3 Å². The lowest BCUT2D eigenvalue weighted by molar-refractivity contribution is 0.110. The first-order valence-electron chi connectivity index (χ1n) is 8.25. The Hall–Kier alpha value is -1.90. The van der Waals surface area contributed by atoms with Crippen LogP contribution >= 0.6 is 31.9 Å². The lowest BCUT2D eigenvalue weighted by Crippen LogP contribution is -2.46. The van der Waals surface area contributed by atoms with Crippen molar-refractivity contribution in [2.75, 3.05) is 6.54 Å². The zero-order valence-electron chi connectivity index (χ0n) is 14.9. The van der Waals surface area contributed by atoms with Crippen molar-refractivity contribution in [3.8, 4) is 11.5 Å². The summed E-state index contributed by atoms with van der Waals surface area (Å²) in [6, 6.07) is 9.89. The number of hydrogen-bond acceptors (Lipinski definition) is 5. The van der Waals surface area contributed by atoms with E-state index in [2.05, 4.69) is 37.3 Å². The van der Waals surface area contributed by atoms with Crippen LogP contribution in [-0.4, -0.2) is 29.0 Å². The van der Waals surface area contributed by atoms with Crippen LogP contribution in [0.25, 0.3) is 0 Å². The predicted octanol–water partition coefficient (Wildman–Crippen LogP) is 4.89. The summed E-state index contributed by atoms with van der Waals surface area (Å²) in [5.74, 6) is 0.482. The topological polar surface area (TPSA) is 78.9 Å². The number of aromatic hydroxyl groups is 1. The maximum Gasteiger partial charge on any atom is 0.429 e. The van der Waals surface area contributed by atoms with Gasteiger partial charge in [0.25, 0.3) is 0 Å². The van der Waals surface area contributed by atoms with Crippen LogP contribution in [0.4, 0.5) is 4.79 Å². The standard InChI is InChI=1S/C19H20Br2N2O4/c1-12(2)10-23(22-9-13-7-15(20)3-5-17(13)25)19(26)27-18-6-4-16(21)8-14(18)11-24/h3-8,11-12,22,25H,9-10H2,1-2H3. The van der Waals surface area contributed by atoms with Crippen molar-refractivity contribution < 1.29 is 19.4 Å². The molecule has 2 aromatic rings. The van der Waals surface area contributed by atoms with E-state index in [4.69, 9.17) is 4.74 Å². The van der Waals surface area contributed by atoms with E-state index in [1.165, 1.54) is 5.01 Å². The van der Waals surface area contributed by atoms with Crippen molar-refractivity contribution in [3.63, 3.8) is 0 Å². The van der Waals surface area contributed by atoms with Gasteiger partial charge >= 0.3 is 6.09 Å². The van der Waals surface area contributed by atoms with Crippen molar-refractivity contribution in [2.45, 2.75) is 20.4 Å². The molecule has 8 heteroatoms. The van der Waals surface area contributed by atoms with Gasteiger partial charge in [0.15, 0.2) is 6.29 Å². The van der Waals surface area contributed by atoms with Gasteiger partial charge in [-0.3, -0.25) is 4.79 Å². The first-order chi connectivity index (χ1) is 12.8. The van der Waals surface area contributed by atoms with E-state index in [1.807, 2.05) is 13.8 Å². The molecule has 0 aliphatic heterocycles. The van der Waals surface area contributed by atoms with Crippen LogP contribution in [0.2, 0.25) is 0 Å². The Kier molecular flexibility index (Phi) is 7.82. The van der Waals surface area contributed by atoms with E-state index in [0.717, 1.165) is 4.47 Å². The van der Waals surface area contributed by atoms with Crippen LogP contribution in [0.3, 0.4) is 0 Å². The summed E-state index contributed by atoms with van der Waals surface area (Å²) < 4.78 is 6.93. The second-order valence-corrected chi connectivity index (χ2v) is 8.11. The molecule has 0 aliphatic rings. The Balaban J connectivity index is 2.14. The van der Waals surface area contributed by atoms with Gasteiger partial charge in [0.05, 0.1) is 5.56 Å². The smallest absolute Gasteiger partial charge is 0.429 e. The number of carbonyl (C=O) groups is 2. The second-order valence-electron chi connectivity index (χ2n) is 6.28. The molecule has 2 aromatic carbocycles. The maximum absolute atomic E-state index is 12.6. The van der Waals surface area contributed by atoms with Crippen molar-refractivity contribution in [3.05, 3.63) is 56.5 Å². The van der Waals surface area contributed by atoms with Crippen LogP contribution in [0.1, 0.15) is 29.8 Å². The highest BCUT2D eigenvalue weighted by molar-refractivity contribution is 9.10. The zero-order chi connectivity index (χ0) is 20.0. The Labute approximate surface area is 174 Å². The molecule has 0 saturated carbocycles. The molecule has 144 valence electrons. The summed E-state index contributed by atoms with van der Waals surface area (Å²) in [4.78, 5) is 23.8. The first-order valence-corrected chi connectivity index (χ1v) is 9.83. The number of nitrogens with one attached hydrogen (secondary N) is 1. The number of ether oxygens (including phenoxy) is 1. The maximum atomic E-state index is 12.6. The third kappa shape index (κ3) is 6.34. The molecular weight excluding hydrogens is 480 g/mol. The number of amides is 1. The summed E-state index contributed by atoms with van der Waals surface area (Å²) in [5, 5.41) is 11.3. The van der Waals surface area contributed by atoms with Crippen LogP contribution in [0, 0.1) is 5.92 Å². The van der Waals surface area contributed by atoms with Gasteiger partial charge in [-0.15, -0.1) is 0 Å². The molecule has 0 aliphatic carbocycles. The predicted molar refractivity (Wildman–Crippen MR) is 110 cm³/mol. The molecule has 27 heavy (non-hydrogen) atoms. The molecule has 2 N–H and O–H groups in total. The lowest BCUT2D eigenvalue weighted by Gasteiger charge is -2.25. The summed E-state index contributed by atoms with van der Waals surface area (Å²) in [6.45, 7) is 4.55. The molecule has 0 spiro atoms. The van der Waals surface area contributed by atoms with Crippen molar-refractivity contribution in [1.82, 2.24) is 10.4 Å². The Bertz CT molecular complexity index is 827. The quantitative estimate of drug-likeness (QED) is 0.418. The Morgan fingerprint density at radius 2 is 1.89 bits per heavy atom. The number of hydrazine groups is 1. The number of aldehydes is 1. The molecule has 2 rings (SSSR count). The SMILES string of the molecule is CC(C)CN(NCc1cc(Br)ccc1O)C(=O)Oc1ccc(Br)cc1C=O. The molecule has 0 heterocycles. The fourth-order valence-corrected chi connectivity index (χ4v) is 3.09. The van der Waals surface area contributed by atoms with E-state index < -0.39 is 6.09 Å². The van der Waals surface area contributed by atoms with Gasteiger partial charge in [0.2, 0.25) is 0 Å². The van der Waals surface area contributed by atoms with E-state index in [9.17, 15) is 14.7 Å². The summed E-state index contributed by atoms with van der Waals surface area (Å²) in [6.07, 6.45) is -0.00348. The average Bonchev–Trinajstić information content (AvgIpc) is 2.62. The summed E-state index contributed by atoms with van der Waals surface area (Å²) in [5.41, 5.74) is 3.88. The molecule has 0 radical (unpaired) electrons. The Morgan fingerprint density at radius 1 is 1.22 bits per heavy atom. The monoisotopic (exact) mass is 498 g/mol. The minimum atomic E-state index is -0.636. The second kappa shape index (κ2) is 9.87. The summed E-state index contributed by atoms with van der Waals surface area (Å²) >= 11 is 6.64. The molecule has 0 saturated heterocycles. The number of nitrogens with zero attached hydrogens (tertiary/aromatic N) is 1. The number of rotatable bonds is 7. The third-order valence-corrected chi connectivity index (χ3v) is 4.55. The Morgan fingerprint density at radius 3 is 2.56 bits per heavy atom. The molecule has 0 fully saturated rings. The highest BCUT2D eigenvalue weighted by Gasteiger charge is 2.19. The minimum Gasteiger partial charge on any atom is -0.508 e. The third-order valence-electron chi connectivity index (χ3n) is 3.57. The zero-order valence-corrected chi connectivity index (χ0v) is 18.1. The normalized spacial score (nSPS) is 10.7. The number of phenolic OH excluding ortho intramolecular Hbond substituents is 1. The summed E-state index contributed by atoms with van der Waals surface area (Å²) in [7, 11) is 0. The molecular formula is C19H20Br2N2O4. The lowest BCUT2D eigenvalue weighted by atomic mass is 10.2. The number of benzene rings is 2. The molecule has 0 unspecified atom stereocenters. The number of hydrogen-bond donors (Lipinski definition) is 2. The number of phenols is 1. The van der Waals surface area contributed by atoms with Crippen molar-refractivity contribution in [2.24, 2.45) is 5.92 Å². The fourth-order valence-electron chi connectivity index (χ4n) is 2.30. The number of halogens is 2. The van der Waals surface area contributed by atoms with Crippen molar-refractivity contribution >= 4 is 44.2 Å². The van der Waals surface area contributed by atoms with Gasteiger partial charge in [-0.2, -0.15) is 0 Å². The average molecular weight is 500 g/mol. The first kappa shape index (κ1) is 21.4. The molecule has 0 bridgehead atoms. The highest BCUT2D eigenvalue weighted by Crippen LogP contribution is 2.23. The van der Waals surface area contributed by atoms with Gasteiger partial charge < -0.3 is 9.84 Å². The molecule has 1 amide bonds. The van der Waals surface area contributed by atoms with Crippen molar-refractivity contribution in [1.29, 1.82) is 0 Å². The number of carbonyl (C=O) groups excluding carboxylic acids is 2. The van der Waals surface area contributed by atoms with Crippen LogP contribution in [0.5, 0.6) is 11.5 Å². The van der Waals surface area contributed by atoms with Crippen LogP contribution < -0.4 is 10.2 Å². The largest absolute Gasteiger partial charge is 0.508 e. The minimum absolute atomic E-state index is 0.125. The van der Waals surface area contributed by atoms with Gasteiger partial charge in [0, 0.05) is 27.6 Å². The van der Waals surface area contributed by atoms with Crippen LogP contribution in [-0.2, 0) is 6.54 Å². The fraction of sp³-hybridized carbons (Fsp3) is 0.263. The molecule has 0 aromatic heterocycles. The van der Waals surface area contributed by atoms with E-state index in [-0.39, 0.29) is 29.5 Å². The van der Waals surface area contributed by atoms with Gasteiger partial charge in [-0.25, -0.2) is 15.2 Å². The van der Waals surface area contributed by atoms with Gasteiger partial charge in [0.1, 0.15) is 11.5 Å². The highest BCUT2D eigenvalue weighted by atomic mass is 79.9. The molecule has 0 atom stereocenters. The van der Waals surface area contributed by atoms with E-state index in [1.54, 1.807) is 36.4 Å². The van der Waals surface area contributed by atoms with E-state index >= 15 is 0 Å². The van der Waals surface area contributed by atoms with Gasteiger partial charge in [-0.1, -0.05) is 45.7 Å². The van der Waals surface area contributed by atoms with E-state index in [0.29, 0.717) is 22.9 Å². The molecule has 6 nitrogen and oxygen atoms in total.